The highest BCUT2D eigenvalue weighted by Crippen LogP contribution is 2.47. The van der Waals surface area contributed by atoms with Gasteiger partial charge in [0.2, 0.25) is 0 Å². The van der Waals surface area contributed by atoms with Crippen LogP contribution in [0, 0.1) is 0 Å². The van der Waals surface area contributed by atoms with Crippen LogP contribution in [0.4, 0.5) is 17.1 Å². The molecule has 1 heterocycles. The van der Waals surface area contributed by atoms with Gasteiger partial charge in [0.25, 0.3) is 0 Å². The lowest BCUT2D eigenvalue weighted by Crippen LogP contribution is -2.10. The van der Waals surface area contributed by atoms with Crippen LogP contribution in [0.15, 0.2) is 217 Å². The summed E-state index contributed by atoms with van der Waals surface area (Å²) in [4.78, 5) is 2.39. The van der Waals surface area contributed by atoms with E-state index in [1.54, 1.807) is 0 Å². The van der Waals surface area contributed by atoms with Gasteiger partial charge in [-0.25, -0.2) is 0 Å². The lowest BCUT2D eigenvalue weighted by atomic mass is 9.85. The van der Waals surface area contributed by atoms with E-state index >= 15 is 0 Å². The first-order valence-electron chi connectivity index (χ1n) is 19.2. The molecule has 0 saturated carbocycles. The summed E-state index contributed by atoms with van der Waals surface area (Å²) in [5.41, 5.74) is 12.2. The van der Waals surface area contributed by atoms with E-state index in [-0.39, 0.29) is 0 Å². The van der Waals surface area contributed by atoms with Gasteiger partial charge in [-0.3, -0.25) is 0 Å². The topological polar surface area (TPSA) is 16.4 Å². The fourth-order valence-corrected chi connectivity index (χ4v) is 8.76. The number of para-hydroxylation sites is 1. The van der Waals surface area contributed by atoms with Crippen LogP contribution in [-0.4, -0.2) is 0 Å². The molecular weight excluding hydrogens is 679 g/mol. The quantitative estimate of drug-likeness (QED) is 0.160. The van der Waals surface area contributed by atoms with Crippen LogP contribution in [0.2, 0.25) is 0 Å². The summed E-state index contributed by atoms with van der Waals surface area (Å²) in [6.45, 7) is 0. The molecule has 0 unspecified atom stereocenters. The summed E-state index contributed by atoms with van der Waals surface area (Å²) in [5, 5.41) is 9.51. The maximum atomic E-state index is 6.59. The van der Waals surface area contributed by atoms with Gasteiger partial charge in [0.15, 0.2) is 0 Å². The Bertz CT molecular complexity index is 3240. The molecule has 262 valence electrons. The van der Waals surface area contributed by atoms with Crippen molar-refractivity contribution in [3.8, 4) is 33.4 Å². The second-order valence-electron chi connectivity index (χ2n) is 14.4. The maximum Gasteiger partial charge on any atom is 0.143 e. The molecule has 11 rings (SSSR count). The standard InChI is InChI=1S/C54H35NO/c1-4-17-37(18-5-1)51-47-27-13-12-26-45(47)46-33-31-42(35-49(46)52(51)38-19-6-2-7-20-38)55(40-22-8-3-9-23-40)41-24-14-21-39(34-41)43-28-15-29-50-53(43)48-32-30-36-16-10-11-25-44(36)54(48)56-50/h1-35H. The minimum Gasteiger partial charge on any atom is -0.455 e. The number of anilines is 3. The molecule has 0 aliphatic rings. The maximum absolute atomic E-state index is 6.59. The second kappa shape index (κ2) is 13.2. The molecule has 0 saturated heterocycles. The van der Waals surface area contributed by atoms with Crippen LogP contribution in [0.3, 0.4) is 0 Å². The van der Waals surface area contributed by atoms with Crippen molar-refractivity contribution in [2.75, 3.05) is 4.90 Å². The number of nitrogens with zero attached hydrogens (tertiary/aromatic N) is 1. The van der Waals surface area contributed by atoms with E-state index in [1.165, 1.54) is 49.2 Å². The van der Waals surface area contributed by atoms with Gasteiger partial charge in [0.05, 0.1) is 0 Å². The number of hydrogen-bond acceptors (Lipinski definition) is 2. The second-order valence-corrected chi connectivity index (χ2v) is 14.4. The Morgan fingerprint density at radius 3 is 1.64 bits per heavy atom. The number of benzene rings is 10. The van der Waals surface area contributed by atoms with Gasteiger partial charge in [-0.05, 0) is 109 Å². The number of rotatable bonds is 6. The van der Waals surface area contributed by atoms with E-state index in [2.05, 4.69) is 217 Å². The highest BCUT2D eigenvalue weighted by Gasteiger charge is 2.21. The first kappa shape index (κ1) is 32.0. The molecule has 0 fully saturated rings. The largest absolute Gasteiger partial charge is 0.455 e. The van der Waals surface area contributed by atoms with Gasteiger partial charge >= 0.3 is 0 Å². The smallest absolute Gasteiger partial charge is 0.143 e. The molecule has 0 radical (unpaired) electrons. The van der Waals surface area contributed by atoms with Gasteiger partial charge in [-0.2, -0.15) is 0 Å². The molecule has 2 heteroatoms. The summed E-state index contributed by atoms with van der Waals surface area (Å²) < 4.78 is 6.59. The summed E-state index contributed by atoms with van der Waals surface area (Å²) in [7, 11) is 0. The van der Waals surface area contributed by atoms with E-state index in [0.29, 0.717) is 0 Å². The molecule has 0 amide bonds. The molecule has 0 aliphatic carbocycles. The zero-order valence-corrected chi connectivity index (χ0v) is 30.6. The first-order chi connectivity index (χ1) is 27.8. The first-order valence-corrected chi connectivity index (χ1v) is 19.2. The highest BCUT2D eigenvalue weighted by atomic mass is 16.3. The zero-order chi connectivity index (χ0) is 37.0. The van der Waals surface area contributed by atoms with Crippen LogP contribution in [0.25, 0.3) is 87.6 Å². The predicted octanol–water partition coefficient (Wildman–Crippen LogP) is 15.5. The van der Waals surface area contributed by atoms with Gasteiger partial charge < -0.3 is 9.32 Å². The van der Waals surface area contributed by atoms with Crippen molar-refractivity contribution in [2.24, 2.45) is 0 Å². The molecule has 1 aromatic heterocycles. The Hall–Kier alpha value is -7.42. The third kappa shape index (κ3) is 5.19. The third-order valence-electron chi connectivity index (χ3n) is 11.2. The van der Waals surface area contributed by atoms with Gasteiger partial charge in [0, 0.05) is 33.2 Å². The van der Waals surface area contributed by atoms with Crippen LogP contribution in [-0.2, 0) is 0 Å². The van der Waals surface area contributed by atoms with E-state index in [9.17, 15) is 0 Å². The molecule has 2 nitrogen and oxygen atoms in total. The Kier molecular flexibility index (Phi) is 7.53. The minimum atomic E-state index is 0.892. The molecule has 0 N–H and O–H groups in total. The summed E-state index contributed by atoms with van der Waals surface area (Å²) in [6.07, 6.45) is 0. The number of furan rings is 1. The molecule has 11 aromatic rings. The monoisotopic (exact) mass is 713 g/mol. The highest BCUT2D eigenvalue weighted by molar-refractivity contribution is 6.22. The van der Waals surface area contributed by atoms with E-state index in [4.69, 9.17) is 4.42 Å². The van der Waals surface area contributed by atoms with Crippen LogP contribution >= 0.6 is 0 Å². The molecular formula is C54H35NO. The fraction of sp³-hybridized carbons (Fsp3) is 0. The summed E-state index contributed by atoms with van der Waals surface area (Å²) in [6, 6.07) is 76.4. The summed E-state index contributed by atoms with van der Waals surface area (Å²) >= 11 is 0. The van der Waals surface area contributed by atoms with Crippen LogP contribution in [0.5, 0.6) is 0 Å². The van der Waals surface area contributed by atoms with Crippen molar-refractivity contribution in [1.29, 1.82) is 0 Å². The van der Waals surface area contributed by atoms with Crippen molar-refractivity contribution in [3.05, 3.63) is 212 Å². The minimum absolute atomic E-state index is 0.892. The Labute approximate surface area is 325 Å². The average Bonchev–Trinajstić information content (AvgIpc) is 3.67. The van der Waals surface area contributed by atoms with E-state index in [0.717, 1.165) is 55.5 Å². The van der Waals surface area contributed by atoms with Crippen molar-refractivity contribution in [2.45, 2.75) is 0 Å². The fourth-order valence-electron chi connectivity index (χ4n) is 8.76. The molecule has 0 atom stereocenters. The molecule has 56 heavy (non-hydrogen) atoms. The van der Waals surface area contributed by atoms with Crippen molar-refractivity contribution < 1.29 is 4.42 Å². The lowest BCUT2D eigenvalue weighted by molar-refractivity contribution is 0.673. The average molecular weight is 714 g/mol. The number of fused-ring (bicyclic) bond motifs is 8. The van der Waals surface area contributed by atoms with E-state index < -0.39 is 0 Å². The van der Waals surface area contributed by atoms with Gasteiger partial charge in [-0.15, -0.1) is 0 Å². The summed E-state index contributed by atoms with van der Waals surface area (Å²) in [5.74, 6) is 0. The predicted molar refractivity (Wildman–Crippen MR) is 237 cm³/mol. The van der Waals surface area contributed by atoms with Gasteiger partial charge in [-0.1, -0.05) is 164 Å². The normalized spacial score (nSPS) is 11.6. The Morgan fingerprint density at radius 1 is 0.321 bits per heavy atom. The number of hydrogen-bond donors (Lipinski definition) is 0. The SMILES string of the molecule is c1ccc(-c2c(-c3ccccc3)c3cc(N(c4ccccc4)c4cccc(-c5cccc6oc7c8ccccc8ccc7c56)c4)ccc3c3ccccc23)cc1. The zero-order valence-electron chi connectivity index (χ0n) is 30.6. The molecule has 0 bridgehead atoms. The van der Waals surface area contributed by atoms with Crippen molar-refractivity contribution in [1.82, 2.24) is 0 Å². The third-order valence-corrected chi connectivity index (χ3v) is 11.2. The van der Waals surface area contributed by atoms with Crippen LogP contribution in [0.1, 0.15) is 0 Å². The van der Waals surface area contributed by atoms with Crippen molar-refractivity contribution >= 4 is 71.3 Å². The van der Waals surface area contributed by atoms with Crippen molar-refractivity contribution in [3.63, 3.8) is 0 Å². The lowest BCUT2D eigenvalue weighted by Gasteiger charge is -2.27. The van der Waals surface area contributed by atoms with E-state index in [1.807, 2.05) is 0 Å². The molecule has 10 aromatic carbocycles. The molecule has 0 aliphatic heterocycles. The van der Waals surface area contributed by atoms with Gasteiger partial charge in [0.1, 0.15) is 11.2 Å². The molecule has 0 spiro atoms. The van der Waals surface area contributed by atoms with Crippen LogP contribution < -0.4 is 4.90 Å². The Morgan fingerprint density at radius 2 is 0.875 bits per heavy atom. The Balaban J connectivity index is 1.15.